The van der Waals surface area contributed by atoms with Crippen molar-refractivity contribution in [2.24, 2.45) is 0 Å². The highest BCUT2D eigenvalue weighted by Crippen LogP contribution is 2.11. The van der Waals surface area contributed by atoms with Gasteiger partial charge in [-0.05, 0) is 14.1 Å². The lowest BCUT2D eigenvalue weighted by Gasteiger charge is -2.23. The standard InChI is InChI=1S/C13H22N4OS/c1-15(2)6-8-17-9-7-16(5-3-13(17)18)11-12-14-4-10-19-12/h4,10H,3,5-9,11H2,1-2H3. The minimum Gasteiger partial charge on any atom is -0.340 e. The molecule has 1 aromatic rings. The number of hydrogen-bond donors (Lipinski definition) is 0. The van der Waals surface area contributed by atoms with Gasteiger partial charge in [0, 0.05) is 50.7 Å². The molecule has 0 aromatic carbocycles. The topological polar surface area (TPSA) is 39.7 Å². The van der Waals surface area contributed by atoms with Crippen molar-refractivity contribution >= 4 is 17.2 Å². The van der Waals surface area contributed by atoms with Crippen LogP contribution in [0.3, 0.4) is 0 Å². The first-order valence-electron chi connectivity index (χ1n) is 6.68. The number of carbonyl (C=O) groups excluding carboxylic acids is 1. The summed E-state index contributed by atoms with van der Waals surface area (Å²) in [6.07, 6.45) is 2.46. The Morgan fingerprint density at radius 2 is 2.21 bits per heavy atom. The van der Waals surface area contributed by atoms with Crippen molar-refractivity contribution in [1.82, 2.24) is 19.7 Å². The molecule has 2 rings (SSSR count). The van der Waals surface area contributed by atoms with E-state index in [1.165, 1.54) is 0 Å². The van der Waals surface area contributed by atoms with Crippen LogP contribution in [0.1, 0.15) is 11.4 Å². The molecule has 6 heteroatoms. The van der Waals surface area contributed by atoms with E-state index in [0.717, 1.165) is 44.3 Å². The molecule has 0 atom stereocenters. The summed E-state index contributed by atoms with van der Waals surface area (Å²) in [4.78, 5) is 22.8. The summed E-state index contributed by atoms with van der Waals surface area (Å²) in [5.74, 6) is 0.281. The fourth-order valence-corrected chi connectivity index (χ4v) is 2.81. The summed E-state index contributed by atoms with van der Waals surface area (Å²) in [6, 6.07) is 0. The monoisotopic (exact) mass is 282 g/mol. The Kier molecular flexibility index (Phi) is 5.30. The van der Waals surface area contributed by atoms with Crippen molar-refractivity contribution in [3.63, 3.8) is 0 Å². The Balaban J connectivity index is 1.84. The maximum Gasteiger partial charge on any atom is 0.223 e. The van der Waals surface area contributed by atoms with Gasteiger partial charge in [0.25, 0.3) is 0 Å². The number of hydrogen-bond acceptors (Lipinski definition) is 5. The van der Waals surface area contributed by atoms with Crippen LogP contribution in [0.5, 0.6) is 0 Å². The molecule has 0 unspecified atom stereocenters. The number of rotatable bonds is 5. The highest BCUT2D eigenvalue weighted by Gasteiger charge is 2.21. The second kappa shape index (κ2) is 6.98. The van der Waals surface area contributed by atoms with E-state index in [-0.39, 0.29) is 5.91 Å². The molecule has 1 aliphatic rings. The lowest BCUT2D eigenvalue weighted by atomic mass is 10.3. The number of carbonyl (C=O) groups is 1. The van der Waals surface area contributed by atoms with Gasteiger partial charge in [0.05, 0.1) is 6.54 Å². The molecule has 1 aromatic heterocycles. The molecule has 1 aliphatic heterocycles. The van der Waals surface area contributed by atoms with Crippen LogP contribution in [0.15, 0.2) is 11.6 Å². The molecule has 0 N–H and O–H groups in total. The Labute approximate surface area is 118 Å². The van der Waals surface area contributed by atoms with Gasteiger partial charge < -0.3 is 9.80 Å². The van der Waals surface area contributed by atoms with Crippen molar-refractivity contribution in [3.05, 3.63) is 16.6 Å². The molecule has 1 amide bonds. The fraction of sp³-hybridized carbons (Fsp3) is 0.692. The lowest BCUT2D eigenvalue weighted by Crippen LogP contribution is -2.37. The molecular weight excluding hydrogens is 260 g/mol. The maximum atomic E-state index is 12.0. The first-order valence-corrected chi connectivity index (χ1v) is 7.56. The van der Waals surface area contributed by atoms with Crippen LogP contribution in [-0.4, -0.2) is 72.4 Å². The van der Waals surface area contributed by atoms with Crippen LogP contribution < -0.4 is 0 Å². The Morgan fingerprint density at radius 3 is 2.89 bits per heavy atom. The highest BCUT2D eigenvalue weighted by molar-refractivity contribution is 7.09. The molecule has 0 radical (unpaired) electrons. The molecule has 0 spiro atoms. The zero-order valence-electron chi connectivity index (χ0n) is 11.7. The van der Waals surface area contributed by atoms with Gasteiger partial charge in [-0.15, -0.1) is 11.3 Å². The van der Waals surface area contributed by atoms with Crippen LogP contribution in [0.4, 0.5) is 0 Å². The number of likely N-dealkylation sites (N-methyl/N-ethyl adjacent to an activating group) is 1. The van der Waals surface area contributed by atoms with E-state index in [4.69, 9.17) is 0 Å². The second-order valence-electron chi connectivity index (χ2n) is 5.14. The molecule has 5 nitrogen and oxygen atoms in total. The predicted molar refractivity (Wildman–Crippen MR) is 77.1 cm³/mol. The van der Waals surface area contributed by atoms with Gasteiger partial charge in [-0.2, -0.15) is 0 Å². The average molecular weight is 282 g/mol. The predicted octanol–water partition coefficient (Wildman–Crippen LogP) is 0.739. The van der Waals surface area contributed by atoms with Crippen molar-refractivity contribution in [1.29, 1.82) is 0 Å². The minimum absolute atomic E-state index is 0.281. The Morgan fingerprint density at radius 1 is 1.37 bits per heavy atom. The molecule has 0 saturated carbocycles. The molecule has 0 bridgehead atoms. The fourth-order valence-electron chi connectivity index (χ4n) is 2.15. The summed E-state index contributed by atoms with van der Waals surface area (Å²) < 4.78 is 0. The third-order valence-electron chi connectivity index (χ3n) is 3.34. The van der Waals surface area contributed by atoms with E-state index in [1.807, 2.05) is 30.6 Å². The van der Waals surface area contributed by atoms with Crippen LogP contribution in [0.25, 0.3) is 0 Å². The molecule has 2 heterocycles. The second-order valence-corrected chi connectivity index (χ2v) is 6.12. The van der Waals surface area contributed by atoms with Gasteiger partial charge in [-0.25, -0.2) is 4.98 Å². The van der Waals surface area contributed by atoms with Gasteiger partial charge in [-0.3, -0.25) is 9.69 Å². The molecule has 1 fully saturated rings. The van der Waals surface area contributed by atoms with Gasteiger partial charge >= 0.3 is 0 Å². The van der Waals surface area contributed by atoms with Gasteiger partial charge in [-0.1, -0.05) is 0 Å². The summed E-state index contributed by atoms with van der Waals surface area (Å²) >= 11 is 1.68. The number of thiazole rings is 1. The number of amides is 1. The Hall–Kier alpha value is -0.980. The van der Waals surface area contributed by atoms with E-state index in [9.17, 15) is 4.79 Å². The average Bonchev–Trinajstić information content (AvgIpc) is 2.81. The summed E-state index contributed by atoms with van der Waals surface area (Å²) in [6.45, 7) is 5.25. The first kappa shape index (κ1) is 14.4. The van der Waals surface area contributed by atoms with E-state index in [1.54, 1.807) is 11.3 Å². The number of aromatic nitrogens is 1. The zero-order chi connectivity index (χ0) is 13.7. The largest absolute Gasteiger partial charge is 0.340 e. The van der Waals surface area contributed by atoms with E-state index in [0.29, 0.717) is 6.42 Å². The molecule has 19 heavy (non-hydrogen) atoms. The van der Waals surface area contributed by atoms with Crippen molar-refractivity contribution < 1.29 is 4.79 Å². The highest BCUT2D eigenvalue weighted by atomic mass is 32.1. The quantitative estimate of drug-likeness (QED) is 0.798. The van der Waals surface area contributed by atoms with Crippen molar-refractivity contribution in [3.8, 4) is 0 Å². The molecule has 106 valence electrons. The zero-order valence-corrected chi connectivity index (χ0v) is 12.5. The van der Waals surface area contributed by atoms with E-state index < -0.39 is 0 Å². The van der Waals surface area contributed by atoms with Gasteiger partial charge in [0.2, 0.25) is 5.91 Å². The maximum absolute atomic E-state index is 12.0. The van der Waals surface area contributed by atoms with Gasteiger partial charge in [0.15, 0.2) is 0 Å². The van der Waals surface area contributed by atoms with Crippen LogP contribution in [0, 0.1) is 0 Å². The summed E-state index contributed by atoms with van der Waals surface area (Å²) in [5.41, 5.74) is 0. The van der Waals surface area contributed by atoms with Crippen LogP contribution >= 0.6 is 11.3 Å². The Bertz CT molecular complexity index is 393. The third kappa shape index (κ3) is 4.56. The van der Waals surface area contributed by atoms with Gasteiger partial charge in [0.1, 0.15) is 5.01 Å². The summed E-state index contributed by atoms with van der Waals surface area (Å²) in [7, 11) is 4.08. The SMILES string of the molecule is CN(C)CCN1CCN(Cc2nccs2)CCC1=O. The third-order valence-corrected chi connectivity index (χ3v) is 4.10. The normalized spacial score (nSPS) is 18.1. The van der Waals surface area contributed by atoms with E-state index in [2.05, 4.69) is 14.8 Å². The van der Waals surface area contributed by atoms with Crippen LogP contribution in [-0.2, 0) is 11.3 Å². The number of nitrogens with zero attached hydrogens (tertiary/aromatic N) is 4. The van der Waals surface area contributed by atoms with Crippen molar-refractivity contribution in [2.75, 3.05) is 46.8 Å². The first-order chi connectivity index (χ1) is 9.15. The smallest absolute Gasteiger partial charge is 0.223 e. The minimum atomic E-state index is 0.281. The molecule has 0 aliphatic carbocycles. The molecule has 1 saturated heterocycles. The summed E-state index contributed by atoms with van der Waals surface area (Å²) in [5, 5.41) is 3.14. The molecular formula is C13H22N4OS. The van der Waals surface area contributed by atoms with Crippen molar-refractivity contribution in [2.45, 2.75) is 13.0 Å². The van der Waals surface area contributed by atoms with Crippen LogP contribution in [0.2, 0.25) is 0 Å². The lowest BCUT2D eigenvalue weighted by molar-refractivity contribution is -0.130. The van der Waals surface area contributed by atoms with E-state index >= 15 is 0 Å².